The van der Waals surface area contributed by atoms with Crippen molar-refractivity contribution in [2.75, 3.05) is 0 Å². The van der Waals surface area contributed by atoms with Crippen molar-refractivity contribution in [1.29, 1.82) is 0 Å². The van der Waals surface area contributed by atoms with Gasteiger partial charge >= 0.3 is 0 Å². The smallest absolute Gasteiger partial charge is 0.161 e. The van der Waals surface area contributed by atoms with Gasteiger partial charge in [-0.3, -0.25) is 0 Å². The third-order valence-electron chi connectivity index (χ3n) is 1.35. The van der Waals surface area contributed by atoms with Crippen LogP contribution in [-0.4, -0.2) is 8.11 Å². The van der Waals surface area contributed by atoms with Crippen LogP contribution >= 0.6 is 11.1 Å². The Kier molecular flexibility index (Phi) is 5.20. The van der Waals surface area contributed by atoms with Crippen molar-refractivity contribution in [3.05, 3.63) is 11.8 Å². The van der Waals surface area contributed by atoms with Crippen molar-refractivity contribution in [3.8, 4) is 0 Å². The molecule has 0 aliphatic carbocycles. The normalized spacial score (nSPS) is 18.2. The van der Waals surface area contributed by atoms with Gasteiger partial charge in [-0.15, -0.1) is 0 Å². The predicted octanol–water partition coefficient (Wildman–Crippen LogP) is 2.72. The maximum absolute atomic E-state index is 5.83. The van der Waals surface area contributed by atoms with Crippen LogP contribution in [0.2, 0.25) is 6.55 Å². The first-order chi connectivity index (χ1) is 4.16. The van der Waals surface area contributed by atoms with E-state index in [0.717, 1.165) is 0 Å². The summed E-state index contributed by atoms with van der Waals surface area (Å²) in [6, 6.07) is 0. The van der Waals surface area contributed by atoms with Gasteiger partial charge in [0.25, 0.3) is 0 Å². The summed E-state index contributed by atoms with van der Waals surface area (Å²) in [5.74, 6) is 0.707. The second-order valence-corrected chi connectivity index (χ2v) is 6.25. The molecule has 0 amide bonds. The highest BCUT2D eigenvalue weighted by atomic mass is 35.6. The standard InChI is InChI=1S/C7H15ClSi/c1-4-7(2)5-6-9(3)8/h5-7,9H,4H2,1-3H3. The Bertz CT molecular complexity index is 88.9. The van der Waals surface area contributed by atoms with E-state index in [9.17, 15) is 0 Å². The SMILES string of the molecule is CCC(C)C=C[SiH](C)Cl. The lowest BCUT2D eigenvalue weighted by atomic mass is 10.1. The Balaban J connectivity index is 3.43. The van der Waals surface area contributed by atoms with Crippen LogP contribution in [0.1, 0.15) is 20.3 Å². The van der Waals surface area contributed by atoms with Crippen LogP contribution in [0.25, 0.3) is 0 Å². The average molecular weight is 163 g/mol. The van der Waals surface area contributed by atoms with Gasteiger partial charge in [0.1, 0.15) is 0 Å². The molecule has 0 saturated heterocycles. The van der Waals surface area contributed by atoms with E-state index in [0.29, 0.717) is 5.92 Å². The van der Waals surface area contributed by atoms with Crippen LogP contribution in [0, 0.1) is 5.92 Å². The van der Waals surface area contributed by atoms with Crippen molar-refractivity contribution < 1.29 is 0 Å². The number of allylic oxidation sites excluding steroid dienone is 1. The molecule has 0 aromatic carbocycles. The minimum Gasteiger partial charge on any atom is -0.166 e. The summed E-state index contributed by atoms with van der Waals surface area (Å²) in [4.78, 5) is 0. The van der Waals surface area contributed by atoms with Gasteiger partial charge in [0, 0.05) is 0 Å². The minimum absolute atomic E-state index is 0.707. The Morgan fingerprint density at radius 3 is 2.56 bits per heavy atom. The number of hydrogen-bond acceptors (Lipinski definition) is 0. The maximum Gasteiger partial charge on any atom is 0.161 e. The molecule has 0 rings (SSSR count). The lowest BCUT2D eigenvalue weighted by Crippen LogP contribution is -1.92. The van der Waals surface area contributed by atoms with E-state index in [4.69, 9.17) is 11.1 Å². The highest BCUT2D eigenvalue weighted by Crippen LogP contribution is 2.03. The summed E-state index contributed by atoms with van der Waals surface area (Å²) in [7, 11) is -0.949. The largest absolute Gasteiger partial charge is 0.166 e. The Morgan fingerprint density at radius 2 is 2.22 bits per heavy atom. The molecule has 2 atom stereocenters. The fourth-order valence-electron chi connectivity index (χ4n) is 0.479. The van der Waals surface area contributed by atoms with Gasteiger partial charge in [-0.05, 0) is 5.92 Å². The lowest BCUT2D eigenvalue weighted by Gasteiger charge is -1.98. The van der Waals surface area contributed by atoms with Crippen LogP contribution in [0.4, 0.5) is 0 Å². The van der Waals surface area contributed by atoms with E-state index in [1.54, 1.807) is 0 Å². The molecule has 0 aliphatic rings. The maximum atomic E-state index is 5.83. The molecule has 0 nitrogen and oxygen atoms in total. The fourth-order valence-corrected chi connectivity index (χ4v) is 1.42. The first kappa shape index (κ1) is 9.25. The zero-order chi connectivity index (χ0) is 7.28. The van der Waals surface area contributed by atoms with Crippen LogP contribution < -0.4 is 0 Å². The molecule has 0 heterocycles. The van der Waals surface area contributed by atoms with Gasteiger partial charge in [0.2, 0.25) is 0 Å². The molecular formula is C7H15ClSi. The molecule has 0 aromatic rings. The number of rotatable bonds is 3. The van der Waals surface area contributed by atoms with E-state index < -0.39 is 8.11 Å². The third kappa shape index (κ3) is 6.13. The molecule has 0 N–H and O–H groups in total. The van der Waals surface area contributed by atoms with Gasteiger partial charge in [0.15, 0.2) is 8.11 Å². The van der Waals surface area contributed by atoms with Crippen molar-refractivity contribution in [3.63, 3.8) is 0 Å². The first-order valence-electron chi connectivity index (χ1n) is 3.49. The van der Waals surface area contributed by atoms with Gasteiger partial charge in [0.05, 0.1) is 0 Å². The highest BCUT2D eigenvalue weighted by molar-refractivity contribution is 7.09. The van der Waals surface area contributed by atoms with Crippen LogP contribution in [-0.2, 0) is 0 Å². The van der Waals surface area contributed by atoms with Crippen molar-refractivity contribution in [1.82, 2.24) is 0 Å². The zero-order valence-corrected chi connectivity index (χ0v) is 8.31. The molecule has 9 heavy (non-hydrogen) atoms. The molecule has 0 radical (unpaired) electrons. The summed E-state index contributed by atoms with van der Waals surface area (Å²) >= 11 is 5.83. The summed E-state index contributed by atoms with van der Waals surface area (Å²) in [6.07, 6.45) is 3.44. The van der Waals surface area contributed by atoms with E-state index in [-0.39, 0.29) is 0 Å². The average Bonchev–Trinajstić information content (AvgIpc) is 1.83. The molecule has 0 saturated carbocycles. The highest BCUT2D eigenvalue weighted by Gasteiger charge is 1.93. The second kappa shape index (κ2) is 5.07. The number of halogens is 1. The van der Waals surface area contributed by atoms with Gasteiger partial charge in [-0.2, -0.15) is 11.1 Å². The Morgan fingerprint density at radius 1 is 1.67 bits per heavy atom. The molecule has 0 fully saturated rings. The third-order valence-corrected chi connectivity index (χ3v) is 2.54. The predicted molar refractivity (Wildman–Crippen MR) is 47.5 cm³/mol. The summed E-state index contributed by atoms with van der Waals surface area (Å²) < 4.78 is 0. The molecule has 0 aromatic heterocycles. The van der Waals surface area contributed by atoms with Gasteiger partial charge < -0.3 is 0 Å². The minimum atomic E-state index is -0.949. The van der Waals surface area contributed by atoms with E-state index in [1.165, 1.54) is 6.42 Å². The lowest BCUT2D eigenvalue weighted by molar-refractivity contribution is 0.699. The summed E-state index contributed by atoms with van der Waals surface area (Å²) in [6.45, 7) is 6.51. The molecule has 2 heteroatoms. The summed E-state index contributed by atoms with van der Waals surface area (Å²) in [5.41, 5.74) is 2.18. The van der Waals surface area contributed by atoms with Gasteiger partial charge in [-0.1, -0.05) is 38.6 Å². The van der Waals surface area contributed by atoms with Crippen molar-refractivity contribution >= 4 is 19.2 Å². The second-order valence-electron chi connectivity index (χ2n) is 2.45. The zero-order valence-electron chi connectivity index (χ0n) is 6.39. The fraction of sp³-hybridized carbons (Fsp3) is 0.714. The van der Waals surface area contributed by atoms with E-state index in [2.05, 4.69) is 32.2 Å². The van der Waals surface area contributed by atoms with Crippen LogP contribution in [0.3, 0.4) is 0 Å². The quantitative estimate of drug-likeness (QED) is 0.442. The molecule has 0 spiro atoms. The molecule has 0 bridgehead atoms. The Labute approximate surface area is 64.2 Å². The van der Waals surface area contributed by atoms with Crippen LogP contribution in [0.15, 0.2) is 11.8 Å². The van der Waals surface area contributed by atoms with E-state index in [1.807, 2.05) is 0 Å². The topological polar surface area (TPSA) is 0 Å². The van der Waals surface area contributed by atoms with E-state index >= 15 is 0 Å². The monoisotopic (exact) mass is 162 g/mol. The van der Waals surface area contributed by atoms with Crippen molar-refractivity contribution in [2.45, 2.75) is 26.8 Å². The van der Waals surface area contributed by atoms with Crippen molar-refractivity contribution in [2.24, 2.45) is 5.92 Å². The molecule has 0 aliphatic heterocycles. The van der Waals surface area contributed by atoms with Gasteiger partial charge in [-0.25, -0.2) is 0 Å². The van der Waals surface area contributed by atoms with Crippen LogP contribution in [0.5, 0.6) is 0 Å². The molecule has 2 unspecified atom stereocenters. The number of hydrogen-bond donors (Lipinski definition) is 0. The summed E-state index contributed by atoms with van der Waals surface area (Å²) in [5, 5.41) is 0. The Hall–Kier alpha value is 0.247. The first-order valence-corrected chi connectivity index (χ1v) is 7.06. The molecular weight excluding hydrogens is 148 g/mol. The molecule has 54 valence electrons.